The van der Waals surface area contributed by atoms with Gasteiger partial charge in [0.15, 0.2) is 0 Å². The summed E-state index contributed by atoms with van der Waals surface area (Å²) in [7, 11) is -3.95. The second-order valence-corrected chi connectivity index (χ2v) is 7.38. The number of amides is 3. The largest absolute Gasteiger partial charge is 0.332 e. The Morgan fingerprint density at radius 1 is 1.08 bits per heavy atom. The zero-order valence-electron chi connectivity index (χ0n) is 13.5. The molecule has 3 amide bonds. The number of rotatable bonds is 4. The van der Waals surface area contributed by atoms with Crippen LogP contribution in [0.25, 0.3) is 0 Å². The van der Waals surface area contributed by atoms with Gasteiger partial charge < -0.3 is 4.90 Å². The lowest BCUT2D eigenvalue weighted by molar-refractivity contribution is -0.116. The minimum atomic E-state index is -3.95. The molecule has 1 aliphatic rings. The molecule has 25 heavy (non-hydrogen) atoms. The summed E-state index contributed by atoms with van der Waals surface area (Å²) in [6.45, 7) is 1.83. The molecule has 1 aliphatic heterocycles. The first-order chi connectivity index (χ1) is 11.8. The van der Waals surface area contributed by atoms with E-state index in [1.807, 2.05) is 30.3 Å². The van der Waals surface area contributed by atoms with Gasteiger partial charge in [-0.1, -0.05) is 36.4 Å². The maximum absolute atomic E-state index is 12.6. The molecule has 130 valence electrons. The Hall–Kier alpha value is -2.71. The van der Waals surface area contributed by atoms with E-state index in [1.165, 1.54) is 23.1 Å². The minimum Gasteiger partial charge on any atom is -0.310 e. The summed E-state index contributed by atoms with van der Waals surface area (Å²) in [5, 5.41) is 5.20. The van der Waals surface area contributed by atoms with E-state index in [9.17, 15) is 18.0 Å². The van der Waals surface area contributed by atoms with Crippen molar-refractivity contribution in [2.45, 2.75) is 18.4 Å². The van der Waals surface area contributed by atoms with Crippen molar-refractivity contribution in [1.82, 2.24) is 4.90 Å². The predicted octanol–water partition coefficient (Wildman–Crippen LogP) is 1.61. The van der Waals surface area contributed by atoms with E-state index in [2.05, 4.69) is 0 Å². The van der Waals surface area contributed by atoms with Crippen molar-refractivity contribution in [2.24, 2.45) is 5.14 Å². The topological polar surface area (TPSA) is 101 Å². The predicted molar refractivity (Wildman–Crippen MR) is 92.3 cm³/mol. The van der Waals surface area contributed by atoms with Gasteiger partial charge in [0.2, 0.25) is 10.0 Å². The van der Waals surface area contributed by atoms with Crippen LogP contribution in [0.1, 0.15) is 11.1 Å². The Balaban J connectivity index is 1.91. The molecule has 2 aromatic rings. The van der Waals surface area contributed by atoms with E-state index in [0.717, 1.165) is 10.5 Å². The van der Waals surface area contributed by atoms with Crippen LogP contribution in [0.5, 0.6) is 0 Å². The number of urea groups is 1. The zero-order chi connectivity index (χ0) is 18.2. The Labute approximate surface area is 145 Å². The van der Waals surface area contributed by atoms with Gasteiger partial charge in [-0.05, 0) is 30.2 Å². The molecule has 0 aromatic heterocycles. The van der Waals surface area contributed by atoms with Gasteiger partial charge in [-0.3, -0.25) is 4.79 Å². The smallest absolute Gasteiger partial charge is 0.310 e. The number of anilines is 1. The number of aryl methyl sites for hydroxylation is 1. The number of hydrogen-bond donors (Lipinski definition) is 1. The molecule has 0 atom stereocenters. The summed E-state index contributed by atoms with van der Waals surface area (Å²) in [5.41, 5.74) is 1.55. The van der Waals surface area contributed by atoms with Crippen LogP contribution in [0, 0.1) is 6.92 Å². The van der Waals surface area contributed by atoms with E-state index in [4.69, 9.17) is 5.14 Å². The van der Waals surface area contributed by atoms with Crippen LogP contribution >= 0.6 is 0 Å². The molecule has 1 fully saturated rings. The van der Waals surface area contributed by atoms with Crippen molar-refractivity contribution >= 4 is 27.6 Å². The molecule has 8 heteroatoms. The molecule has 0 aliphatic carbocycles. The number of hydrogen-bond acceptors (Lipinski definition) is 4. The fourth-order valence-corrected chi connectivity index (χ4v) is 3.57. The van der Waals surface area contributed by atoms with Crippen molar-refractivity contribution < 1.29 is 18.0 Å². The Bertz CT molecular complexity index is 942. The van der Waals surface area contributed by atoms with Gasteiger partial charge in [0, 0.05) is 6.54 Å². The van der Waals surface area contributed by atoms with Gasteiger partial charge in [0.25, 0.3) is 5.91 Å². The van der Waals surface area contributed by atoms with Gasteiger partial charge in [0.1, 0.15) is 6.54 Å². The average molecular weight is 359 g/mol. The van der Waals surface area contributed by atoms with Crippen LogP contribution in [0.4, 0.5) is 10.5 Å². The number of nitrogens with zero attached hydrogens (tertiary/aromatic N) is 2. The highest BCUT2D eigenvalue weighted by Gasteiger charge is 2.37. The molecule has 2 N–H and O–H groups in total. The third-order valence-electron chi connectivity index (χ3n) is 3.99. The Morgan fingerprint density at radius 2 is 1.76 bits per heavy atom. The van der Waals surface area contributed by atoms with Crippen molar-refractivity contribution in [3.05, 3.63) is 59.7 Å². The first kappa shape index (κ1) is 17.1. The molecule has 1 heterocycles. The number of carbonyl (C=O) groups is 2. The average Bonchev–Trinajstić information content (AvgIpc) is 2.82. The number of nitrogens with two attached hydrogens (primary N) is 1. The fraction of sp³-hybridized carbons (Fsp3) is 0.176. The minimum absolute atomic E-state index is 0.0632. The monoisotopic (exact) mass is 359 g/mol. The standard InChI is InChI=1S/C17H17N3O4S/c1-12-7-8-14(9-15(12)25(18,23)24)20-16(21)11-19(17(20)22)10-13-5-3-2-4-6-13/h2-9H,10-11H2,1H3,(H2,18,23,24). The van der Waals surface area contributed by atoms with E-state index in [0.29, 0.717) is 12.1 Å². The number of carbonyl (C=O) groups excluding carboxylic acids is 2. The molecule has 0 saturated carbocycles. The van der Waals surface area contributed by atoms with E-state index < -0.39 is 22.0 Å². The van der Waals surface area contributed by atoms with Crippen molar-refractivity contribution in [3.63, 3.8) is 0 Å². The molecule has 0 unspecified atom stereocenters. The maximum Gasteiger partial charge on any atom is 0.332 e. The second-order valence-electron chi connectivity index (χ2n) is 5.85. The third kappa shape index (κ3) is 3.40. The molecular formula is C17H17N3O4S. The van der Waals surface area contributed by atoms with E-state index in [-0.39, 0.29) is 17.1 Å². The summed E-state index contributed by atoms with van der Waals surface area (Å²) >= 11 is 0. The summed E-state index contributed by atoms with van der Waals surface area (Å²) in [4.78, 5) is 27.2. The van der Waals surface area contributed by atoms with E-state index >= 15 is 0 Å². The molecule has 7 nitrogen and oxygen atoms in total. The summed E-state index contributed by atoms with van der Waals surface area (Å²) in [5.74, 6) is -0.412. The van der Waals surface area contributed by atoms with Crippen LogP contribution < -0.4 is 10.0 Å². The summed E-state index contributed by atoms with van der Waals surface area (Å²) in [6.07, 6.45) is 0. The maximum atomic E-state index is 12.6. The highest BCUT2D eigenvalue weighted by atomic mass is 32.2. The lowest BCUT2D eigenvalue weighted by Gasteiger charge is -2.18. The van der Waals surface area contributed by atoms with Gasteiger partial charge in [0.05, 0.1) is 10.6 Å². The van der Waals surface area contributed by atoms with Crippen LogP contribution in [-0.4, -0.2) is 31.8 Å². The second kappa shape index (κ2) is 6.30. The summed E-state index contributed by atoms with van der Waals surface area (Å²) < 4.78 is 23.3. The van der Waals surface area contributed by atoms with Gasteiger partial charge in [-0.25, -0.2) is 23.3 Å². The SMILES string of the molecule is Cc1ccc(N2C(=O)CN(Cc3ccccc3)C2=O)cc1S(N)(=O)=O. The van der Waals surface area contributed by atoms with Crippen molar-refractivity contribution in [2.75, 3.05) is 11.4 Å². The molecule has 3 rings (SSSR count). The Morgan fingerprint density at radius 3 is 2.40 bits per heavy atom. The number of primary sulfonamides is 1. The van der Waals surface area contributed by atoms with Crippen molar-refractivity contribution in [3.8, 4) is 0 Å². The fourth-order valence-electron chi connectivity index (χ4n) is 2.77. The van der Waals surface area contributed by atoms with Crippen LogP contribution in [0.2, 0.25) is 0 Å². The molecule has 1 saturated heterocycles. The highest BCUT2D eigenvalue weighted by molar-refractivity contribution is 7.89. The number of sulfonamides is 1. The lowest BCUT2D eigenvalue weighted by atomic mass is 10.2. The Kier molecular flexibility index (Phi) is 4.32. The third-order valence-corrected chi connectivity index (χ3v) is 5.04. The highest BCUT2D eigenvalue weighted by Crippen LogP contribution is 2.26. The summed E-state index contributed by atoms with van der Waals surface area (Å²) in [6, 6.07) is 13.1. The quantitative estimate of drug-likeness (QED) is 0.838. The molecule has 0 spiro atoms. The van der Waals surface area contributed by atoms with Crippen LogP contribution in [0.15, 0.2) is 53.4 Å². The van der Waals surface area contributed by atoms with Gasteiger partial charge >= 0.3 is 6.03 Å². The van der Waals surface area contributed by atoms with Crippen LogP contribution in [0.3, 0.4) is 0 Å². The molecular weight excluding hydrogens is 342 g/mol. The van der Waals surface area contributed by atoms with Gasteiger partial charge in [-0.15, -0.1) is 0 Å². The van der Waals surface area contributed by atoms with Crippen LogP contribution in [-0.2, 0) is 21.4 Å². The molecule has 0 bridgehead atoms. The zero-order valence-corrected chi connectivity index (χ0v) is 14.4. The van der Waals surface area contributed by atoms with Gasteiger partial charge in [-0.2, -0.15) is 0 Å². The lowest BCUT2D eigenvalue weighted by Crippen LogP contribution is -2.33. The van der Waals surface area contributed by atoms with E-state index in [1.54, 1.807) is 6.92 Å². The molecule has 2 aromatic carbocycles. The number of imide groups is 1. The number of benzene rings is 2. The first-order valence-electron chi connectivity index (χ1n) is 7.56. The van der Waals surface area contributed by atoms with Crippen molar-refractivity contribution in [1.29, 1.82) is 0 Å². The normalized spacial score (nSPS) is 15.1. The molecule has 0 radical (unpaired) electrons. The first-order valence-corrected chi connectivity index (χ1v) is 9.11.